The van der Waals surface area contributed by atoms with Crippen LogP contribution in [-0.4, -0.2) is 18.4 Å². The summed E-state index contributed by atoms with van der Waals surface area (Å²) in [5.74, 6) is 0.952. The number of amides is 2. The number of nitrogens with one attached hydrogen (secondary N) is 2. The van der Waals surface area contributed by atoms with Crippen LogP contribution < -0.4 is 15.4 Å². The maximum atomic E-state index is 12.1. The normalized spacial score (nSPS) is 14.4. The Morgan fingerprint density at radius 1 is 0.963 bits per heavy atom. The van der Waals surface area contributed by atoms with Gasteiger partial charge in [-0.15, -0.1) is 0 Å². The molecule has 3 rings (SSSR count). The van der Waals surface area contributed by atoms with Crippen molar-refractivity contribution < 1.29 is 14.3 Å². The van der Waals surface area contributed by atoms with Crippen molar-refractivity contribution in [2.24, 2.45) is 0 Å². The SMILES string of the molecule is CC(=O)Nc1cccc(NC(=O)COc2ccc(C3CCCCC3)cc2)c1. The monoisotopic (exact) mass is 366 g/mol. The topological polar surface area (TPSA) is 67.4 Å². The van der Waals surface area contributed by atoms with Crippen molar-refractivity contribution in [2.75, 3.05) is 17.2 Å². The van der Waals surface area contributed by atoms with Crippen molar-refractivity contribution >= 4 is 23.2 Å². The second-order valence-electron chi connectivity index (χ2n) is 7.00. The van der Waals surface area contributed by atoms with Crippen LogP contribution in [0.2, 0.25) is 0 Å². The zero-order chi connectivity index (χ0) is 19.1. The second kappa shape index (κ2) is 9.21. The fourth-order valence-electron chi connectivity index (χ4n) is 3.50. The van der Waals surface area contributed by atoms with Crippen LogP contribution in [-0.2, 0) is 9.59 Å². The van der Waals surface area contributed by atoms with Crippen molar-refractivity contribution in [1.29, 1.82) is 0 Å². The molecule has 1 saturated carbocycles. The molecule has 0 saturated heterocycles. The van der Waals surface area contributed by atoms with Crippen LogP contribution in [0.15, 0.2) is 48.5 Å². The first kappa shape index (κ1) is 19.0. The quantitative estimate of drug-likeness (QED) is 0.778. The molecule has 2 aromatic carbocycles. The largest absolute Gasteiger partial charge is 0.484 e. The minimum absolute atomic E-state index is 0.0624. The molecular formula is C22H26N2O3. The van der Waals surface area contributed by atoms with E-state index in [9.17, 15) is 9.59 Å². The lowest BCUT2D eigenvalue weighted by molar-refractivity contribution is -0.118. The van der Waals surface area contributed by atoms with Crippen LogP contribution in [0, 0.1) is 0 Å². The molecule has 0 aromatic heterocycles. The standard InChI is InChI=1S/C22H26N2O3/c1-16(25)23-19-8-5-9-20(14-19)24-22(26)15-27-21-12-10-18(11-13-21)17-6-3-2-4-7-17/h5,8-14,17H,2-4,6-7,15H2,1H3,(H,23,25)(H,24,26). The van der Waals surface area contributed by atoms with Gasteiger partial charge in [0.2, 0.25) is 5.91 Å². The molecule has 2 N–H and O–H groups in total. The maximum Gasteiger partial charge on any atom is 0.262 e. The van der Waals surface area contributed by atoms with E-state index >= 15 is 0 Å². The van der Waals surface area contributed by atoms with Gasteiger partial charge in [0.05, 0.1) is 0 Å². The minimum atomic E-state index is -0.244. The van der Waals surface area contributed by atoms with E-state index < -0.39 is 0 Å². The van der Waals surface area contributed by atoms with Gasteiger partial charge >= 0.3 is 0 Å². The van der Waals surface area contributed by atoms with Crippen molar-refractivity contribution in [2.45, 2.75) is 44.9 Å². The summed E-state index contributed by atoms with van der Waals surface area (Å²) in [5, 5.41) is 5.46. The first-order chi connectivity index (χ1) is 13.1. The number of rotatable bonds is 6. The molecule has 1 aliphatic carbocycles. The molecule has 5 nitrogen and oxygen atoms in total. The molecule has 2 amide bonds. The Labute approximate surface area is 160 Å². The molecule has 5 heteroatoms. The maximum absolute atomic E-state index is 12.1. The van der Waals surface area contributed by atoms with Gasteiger partial charge in [0, 0.05) is 18.3 Å². The number of carbonyl (C=O) groups excluding carboxylic acids is 2. The smallest absolute Gasteiger partial charge is 0.262 e. The van der Waals surface area contributed by atoms with Crippen molar-refractivity contribution in [3.05, 3.63) is 54.1 Å². The van der Waals surface area contributed by atoms with Gasteiger partial charge in [0.1, 0.15) is 5.75 Å². The number of benzene rings is 2. The summed E-state index contributed by atoms with van der Waals surface area (Å²) >= 11 is 0. The van der Waals surface area contributed by atoms with E-state index in [1.807, 2.05) is 12.1 Å². The molecule has 1 fully saturated rings. The van der Waals surface area contributed by atoms with Gasteiger partial charge in [-0.2, -0.15) is 0 Å². The molecular weight excluding hydrogens is 340 g/mol. The second-order valence-corrected chi connectivity index (χ2v) is 7.00. The third kappa shape index (κ3) is 5.84. The van der Waals surface area contributed by atoms with Crippen LogP contribution in [0.3, 0.4) is 0 Å². The van der Waals surface area contributed by atoms with Gasteiger partial charge in [0.15, 0.2) is 6.61 Å². The fourth-order valence-corrected chi connectivity index (χ4v) is 3.50. The van der Waals surface area contributed by atoms with Crippen LogP contribution in [0.1, 0.15) is 50.5 Å². The minimum Gasteiger partial charge on any atom is -0.484 e. The Kier molecular flexibility index (Phi) is 6.47. The average molecular weight is 366 g/mol. The van der Waals surface area contributed by atoms with Gasteiger partial charge in [-0.05, 0) is 54.7 Å². The van der Waals surface area contributed by atoms with Gasteiger partial charge in [-0.25, -0.2) is 0 Å². The van der Waals surface area contributed by atoms with Crippen LogP contribution in [0.4, 0.5) is 11.4 Å². The fraction of sp³-hybridized carbons (Fsp3) is 0.364. The highest BCUT2D eigenvalue weighted by Gasteiger charge is 2.15. The number of anilines is 2. The van der Waals surface area contributed by atoms with Crippen molar-refractivity contribution in [3.63, 3.8) is 0 Å². The van der Waals surface area contributed by atoms with Gasteiger partial charge in [0.25, 0.3) is 5.91 Å². The molecule has 27 heavy (non-hydrogen) atoms. The summed E-state index contributed by atoms with van der Waals surface area (Å²) < 4.78 is 5.60. The van der Waals surface area contributed by atoms with Gasteiger partial charge in [-0.3, -0.25) is 9.59 Å². The first-order valence-corrected chi connectivity index (χ1v) is 9.50. The van der Waals surface area contributed by atoms with E-state index in [2.05, 4.69) is 22.8 Å². The van der Waals surface area contributed by atoms with Gasteiger partial charge in [-0.1, -0.05) is 37.5 Å². The summed E-state index contributed by atoms with van der Waals surface area (Å²) in [6.45, 7) is 1.38. The Morgan fingerprint density at radius 3 is 2.30 bits per heavy atom. The van der Waals surface area contributed by atoms with Crippen LogP contribution in [0.25, 0.3) is 0 Å². The number of hydrogen-bond donors (Lipinski definition) is 2. The predicted molar refractivity (Wildman–Crippen MR) is 107 cm³/mol. The Morgan fingerprint density at radius 2 is 1.63 bits per heavy atom. The van der Waals surface area contributed by atoms with E-state index in [0.29, 0.717) is 23.0 Å². The summed E-state index contributed by atoms with van der Waals surface area (Å²) in [6.07, 6.45) is 6.50. The third-order valence-corrected chi connectivity index (χ3v) is 4.79. The summed E-state index contributed by atoms with van der Waals surface area (Å²) in [7, 11) is 0. The molecule has 0 heterocycles. The van der Waals surface area contributed by atoms with Crippen molar-refractivity contribution in [3.8, 4) is 5.75 Å². The highest BCUT2D eigenvalue weighted by atomic mass is 16.5. The predicted octanol–water partition coefficient (Wildman–Crippen LogP) is 4.71. The first-order valence-electron chi connectivity index (χ1n) is 9.50. The Balaban J connectivity index is 1.49. The molecule has 0 unspecified atom stereocenters. The number of ether oxygens (including phenoxy) is 1. The molecule has 0 bridgehead atoms. The highest BCUT2D eigenvalue weighted by Crippen LogP contribution is 2.33. The van der Waals surface area contributed by atoms with Crippen LogP contribution in [0.5, 0.6) is 5.75 Å². The average Bonchev–Trinajstić information content (AvgIpc) is 2.67. The van der Waals surface area contributed by atoms with E-state index in [-0.39, 0.29) is 18.4 Å². The molecule has 0 atom stereocenters. The Bertz CT molecular complexity index is 780. The lowest BCUT2D eigenvalue weighted by Crippen LogP contribution is -2.20. The van der Waals surface area contributed by atoms with E-state index in [4.69, 9.17) is 4.74 Å². The zero-order valence-corrected chi connectivity index (χ0v) is 15.7. The molecule has 0 aliphatic heterocycles. The summed E-state index contributed by atoms with van der Waals surface area (Å²) in [5.41, 5.74) is 2.61. The number of hydrogen-bond acceptors (Lipinski definition) is 3. The van der Waals surface area contributed by atoms with Gasteiger partial charge < -0.3 is 15.4 Å². The molecule has 142 valence electrons. The third-order valence-electron chi connectivity index (χ3n) is 4.79. The molecule has 1 aliphatic rings. The zero-order valence-electron chi connectivity index (χ0n) is 15.7. The molecule has 0 spiro atoms. The summed E-state index contributed by atoms with van der Waals surface area (Å²) in [4.78, 5) is 23.2. The molecule has 0 radical (unpaired) electrons. The van der Waals surface area contributed by atoms with E-state index in [0.717, 1.165) is 0 Å². The van der Waals surface area contributed by atoms with Crippen LogP contribution >= 0.6 is 0 Å². The highest BCUT2D eigenvalue weighted by molar-refractivity contribution is 5.94. The van der Waals surface area contributed by atoms with Crippen molar-refractivity contribution in [1.82, 2.24) is 0 Å². The van der Waals surface area contributed by atoms with E-state index in [1.54, 1.807) is 24.3 Å². The lowest BCUT2D eigenvalue weighted by Gasteiger charge is -2.22. The Hall–Kier alpha value is -2.82. The number of carbonyl (C=O) groups is 2. The molecule has 2 aromatic rings. The summed E-state index contributed by atoms with van der Waals surface area (Å²) in [6, 6.07) is 15.1. The lowest BCUT2D eigenvalue weighted by atomic mass is 9.84. The van der Waals surface area contributed by atoms with E-state index in [1.165, 1.54) is 44.6 Å².